The Balaban J connectivity index is 1.76. The third-order valence-electron chi connectivity index (χ3n) is 3.01. The fourth-order valence-electron chi connectivity index (χ4n) is 1.91. The van der Waals surface area contributed by atoms with Crippen molar-refractivity contribution in [3.05, 3.63) is 18.2 Å². The molecule has 1 aromatic carbocycles. The first-order valence-electron chi connectivity index (χ1n) is 7.23. The highest BCUT2D eigenvalue weighted by atomic mass is 32.2. The van der Waals surface area contributed by atoms with Gasteiger partial charge >= 0.3 is 0 Å². The van der Waals surface area contributed by atoms with E-state index in [1.54, 1.807) is 11.8 Å². The maximum absolute atomic E-state index is 11.6. The number of thioether (sulfide) groups is 1. The second-order valence-electron chi connectivity index (χ2n) is 4.71. The molecular weight excluding hydrogens is 288 g/mol. The van der Waals surface area contributed by atoms with Crippen molar-refractivity contribution in [2.75, 3.05) is 39.1 Å². The van der Waals surface area contributed by atoms with E-state index in [2.05, 4.69) is 10.6 Å². The van der Waals surface area contributed by atoms with Crippen molar-refractivity contribution >= 4 is 17.7 Å². The Hall–Kier alpha value is -1.40. The van der Waals surface area contributed by atoms with Gasteiger partial charge in [-0.3, -0.25) is 4.79 Å². The Morgan fingerprint density at radius 1 is 1.24 bits per heavy atom. The Kier molecular flexibility index (Phi) is 6.69. The van der Waals surface area contributed by atoms with E-state index >= 15 is 0 Å². The molecule has 1 aromatic rings. The first-order valence-corrected chi connectivity index (χ1v) is 8.22. The van der Waals surface area contributed by atoms with Gasteiger partial charge in [-0.05, 0) is 25.2 Å². The summed E-state index contributed by atoms with van der Waals surface area (Å²) in [6.45, 7) is 2.85. The van der Waals surface area contributed by atoms with Crippen LogP contribution >= 0.6 is 11.8 Å². The molecule has 0 saturated heterocycles. The second kappa shape index (κ2) is 8.79. The van der Waals surface area contributed by atoms with E-state index < -0.39 is 0 Å². The number of carbonyl (C=O) groups excluding carboxylic acids is 1. The fourth-order valence-corrected chi connectivity index (χ4v) is 2.79. The number of likely N-dealkylation sites (N-methyl/N-ethyl adjacent to an activating group) is 1. The van der Waals surface area contributed by atoms with Crippen molar-refractivity contribution in [3.63, 3.8) is 0 Å². The molecule has 1 aliphatic heterocycles. The SMILES string of the molecule is CNCCNC(=O)CCSc1ccc2c(c1)OCCCO2. The average molecular weight is 310 g/mol. The van der Waals surface area contributed by atoms with Crippen LogP contribution in [0, 0.1) is 0 Å². The van der Waals surface area contributed by atoms with Crippen molar-refractivity contribution in [1.82, 2.24) is 10.6 Å². The van der Waals surface area contributed by atoms with E-state index in [-0.39, 0.29) is 5.91 Å². The summed E-state index contributed by atoms with van der Waals surface area (Å²) < 4.78 is 11.3. The van der Waals surface area contributed by atoms with E-state index in [0.29, 0.717) is 26.2 Å². The molecular formula is C15H22N2O3S. The minimum absolute atomic E-state index is 0.0899. The Morgan fingerprint density at radius 2 is 2.05 bits per heavy atom. The quantitative estimate of drug-likeness (QED) is 0.592. The van der Waals surface area contributed by atoms with Crippen LogP contribution in [0.15, 0.2) is 23.1 Å². The van der Waals surface area contributed by atoms with E-state index in [4.69, 9.17) is 9.47 Å². The molecule has 0 radical (unpaired) electrons. The highest BCUT2D eigenvalue weighted by Crippen LogP contribution is 2.33. The summed E-state index contributed by atoms with van der Waals surface area (Å²) in [5.74, 6) is 2.45. The van der Waals surface area contributed by atoms with Gasteiger partial charge in [-0.2, -0.15) is 0 Å². The molecule has 0 saturated carbocycles. The molecule has 1 amide bonds. The van der Waals surface area contributed by atoms with E-state index in [1.165, 1.54) is 0 Å². The van der Waals surface area contributed by atoms with Gasteiger partial charge in [-0.25, -0.2) is 0 Å². The van der Waals surface area contributed by atoms with Crippen LogP contribution < -0.4 is 20.1 Å². The normalized spacial score (nSPS) is 13.6. The molecule has 0 fully saturated rings. The number of carbonyl (C=O) groups is 1. The Morgan fingerprint density at radius 3 is 2.86 bits per heavy atom. The maximum atomic E-state index is 11.6. The molecule has 0 unspecified atom stereocenters. The summed E-state index contributed by atoms with van der Waals surface area (Å²) in [5.41, 5.74) is 0. The highest BCUT2D eigenvalue weighted by molar-refractivity contribution is 7.99. The first kappa shape index (κ1) is 16.0. The number of nitrogens with one attached hydrogen (secondary N) is 2. The average Bonchev–Trinajstić information content (AvgIpc) is 2.72. The zero-order valence-corrected chi connectivity index (χ0v) is 13.1. The van der Waals surface area contributed by atoms with Crippen LogP contribution in [-0.2, 0) is 4.79 Å². The zero-order chi connectivity index (χ0) is 14.9. The molecule has 0 bridgehead atoms. The van der Waals surface area contributed by atoms with Gasteiger partial charge in [0, 0.05) is 36.6 Å². The maximum Gasteiger partial charge on any atom is 0.220 e. The molecule has 0 aromatic heterocycles. The van der Waals surface area contributed by atoms with Gasteiger partial charge in [0.1, 0.15) is 0 Å². The predicted octanol–water partition coefficient (Wildman–Crippen LogP) is 1.67. The van der Waals surface area contributed by atoms with Crippen LogP contribution in [0.4, 0.5) is 0 Å². The van der Waals surface area contributed by atoms with Crippen LogP contribution in [0.2, 0.25) is 0 Å². The number of amides is 1. The number of hydrogen-bond donors (Lipinski definition) is 2. The number of rotatable bonds is 7. The number of fused-ring (bicyclic) bond motifs is 1. The molecule has 2 N–H and O–H groups in total. The van der Waals surface area contributed by atoms with Crippen LogP contribution in [-0.4, -0.2) is 45.0 Å². The molecule has 5 nitrogen and oxygen atoms in total. The second-order valence-corrected chi connectivity index (χ2v) is 5.88. The molecule has 2 rings (SSSR count). The minimum atomic E-state index is 0.0899. The monoisotopic (exact) mass is 310 g/mol. The zero-order valence-electron chi connectivity index (χ0n) is 12.3. The van der Waals surface area contributed by atoms with Crippen LogP contribution in [0.1, 0.15) is 12.8 Å². The molecule has 1 aliphatic rings. The third-order valence-corrected chi connectivity index (χ3v) is 4.01. The molecule has 21 heavy (non-hydrogen) atoms. The largest absolute Gasteiger partial charge is 0.490 e. The smallest absolute Gasteiger partial charge is 0.220 e. The van der Waals surface area contributed by atoms with E-state index in [9.17, 15) is 4.79 Å². The molecule has 0 atom stereocenters. The lowest BCUT2D eigenvalue weighted by atomic mass is 10.3. The van der Waals surface area contributed by atoms with E-state index in [1.807, 2.05) is 25.2 Å². The Labute approximate surface area is 129 Å². The van der Waals surface area contributed by atoms with Crippen molar-refractivity contribution in [3.8, 4) is 11.5 Å². The summed E-state index contributed by atoms with van der Waals surface area (Å²) in [7, 11) is 1.87. The lowest BCUT2D eigenvalue weighted by molar-refractivity contribution is -0.120. The molecule has 0 spiro atoms. The van der Waals surface area contributed by atoms with Crippen molar-refractivity contribution < 1.29 is 14.3 Å². The van der Waals surface area contributed by atoms with Crippen molar-refractivity contribution in [1.29, 1.82) is 0 Å². The van der Waals surface area contributed by atoms with Gasteiger partial charge < -0.3 is 20.1 Å². The van der Waals surface area contributed by atoms with Gasteiger partial charge in [-0.15, -0.1) is 11.8 Å². The van der Waals surface area contributed by atoms with Gasteiger partial charge in [0.15, 0.2) is 11.5 Å². The molecule has 1 heterocycles. The van der Waals surface area contributed by atoms with E-state index in [0.717, 1.165) is 35.1 Å². The number of hydrogen-bond acceptors (Lipinski definition) is 5. The summed E-state index contributed by atoms with van der Waals surface area (Å²) in [5, 5.41) is 5.86. The standard InChI is InChI=1S/C15H22N2O3S/c1-16-6-7-17-15(18)5-10-21-12-3-4-13-14(11-12)20-9-2-8-19-13/h3-4,11,16H,2,5-10H2,1H3,(H,17,18). The Bertz CT molecular complexity index is 468. The number of ether oxygens (including phenoxy) is 2. The summed E-state index contributed by atoms with van der Waals surface area (Å²) >= 11 is 1.66. The number of benzene rings is 1. The van der Waals surface area contributed by atoms with Gasteiger partial charge in [0.25, 0.3) is 0 Å². The van der Waals surface area contributed by atoms with Crippen molar-refractivity contribution in [2.45, 2.75) is 17.7 Å². The predicted molar refractivity (Wildman–Crippen MR) is 84.3 cm³/mol. The highest BCUT2D eigenvalue weighted by Gasteiger charge is 2.11. The van der Waals surface area contributed by atoms with Gasteiger partial charge in [0.2, 0.25) is 5.91 Å². The fraction of sp³-hybridized carbons (Fsp3) is 0.533. The summed E-state index contributed by atoms with van der Waals surface area (Å²) in [4.78, 5) is 12.7. The lowest BCUT2D eigenvalue weighted by Gasteiger charge is -2.09. The topological polar surface area (TPSA) is 59.6 Å². The minimum Gasteiger partial charge on any atom is -0.490 e. The van der Waals surface area contributed by atoms with Crippen molar-refractivity contribution in [2.24, 2.45) is 0 Å². The third kappa shape index (κ3) is 5.47. The van der Waals surface area contributed by atoms with Crippen LogP contribution in [0.25, 0.3) is 0 Å². The molecule has 6 heteroatoms. The first-order chi connectivity index (χ1) is 10.3. The van der Waals surface area contributed by atoms with Gasteiger partial charge in [-0.1, -0.05) is 0 Å². The van der Waals surface area contributed by atoms with Crippen LogP contribution in [0.3, 0.4) is 0 Å². The van der Waals surface area contributed by atoms with Crippen LogP contribution in [0.5, 0.6) is 11.5 Å². The summed E-state index contributed by atoms with van der Waals surface area (Å²) in [6, 6.07) is 5.94. The summed E-state index contributed by atoms with van der Waals surface area (Å²) in [6.07, 6.45) is 1.42. The lowest BCUT2D eigenvalue weighted by Crippen LogP contribution is -2.30. The molecule has 116 valence electrons. The van der Waals surface area contributed by atoms with Gasteiger partial charge in [0.05, 0.1) is 13.2 Å². The molecule has 0 aliphatic carbocycles.